The quantitative estimate of drug-likeness (QED) is 0.537. The Labute approximate surface area is 188 Å². The maximum absolute atomic E-state index is 10.3. The summed E-state index contributed by atoms with van der Waals surface area (Å²) in [6, 6.07) is 9.40. The highest BCUT2D eigenvalue weighted by Crippen LogP contribution is 2.43. The van der Waals surface area contributed by atoms with E-state index in [2.05, 4.69) is 37.0 Å². The van der Waals surface area contributed by atoms with Crippen LogP contribution in [0.1, 0.15) is 103 Å². The number of hydrogen-bond donors (Lipinski definition) is 2. The summed E-state index contributed by atoms with van der Waals surface area (Å²) in [6.45, 7) is 7.17. The predicted octanol–water partition coefficient (Wildman–Crippen LogP) is 7.41. The molecule has 1 heterocycles. The number of rotatable bonds is 4. The molecule has 0 radical (unpaired) electrons. The van der Waals surface area contributed by atoms with Crippen molar-refractivity contribution in [2.75, 3.05) is 5.73 Å². The average molecular weight is 424 g/mol. The van der Waals surface area contributed by atoms with Crippen LogP contribution in [0.25, 0.3) is 11.3 Å². The zero-order chi connectivity index (χ0) is 22.3. The van der Waals surface area contributed by atoms with Gasteiger partial charge in [0, 0.05) is 11.1 Å². The van der Waals surface area contributed by atoms with Crippen LogP contribution >= 0.6 is 0 Å². The number of aromatic nitrogens is 2. The molecule has 2 atom stereocenters. The molecule has 1 aliphatic carbocycles. The molecule has 0 bridgehead atoms. The fraction of sp³-hybridized carbons (Fsp3) is 0.630. The van der Waals surface area contributed by atoms with Crippen LogP contribution in [0.2, 0.25) is 0 Å². The van der Waals surface area contributed by atoms with Crippen LogP contribution in [-0.2, 0) is 5.41 Å². The van der Waals surface area contributed by atoms with Crippen molar-refractivity contribution in [3.05, 3.63) is 35.9 Å². The molecule has 3 rings (SSSR count). The third-order valence-corrected chi connectivity index (χ3v) is 7.52. The van der Waals surface area contributed by atoms with E-state index in [0.717, 1.165) is 18.4 Å². The molecular formula is C27H41N3O. The average Bonchev–Trinajstić information content (AvgIpc) is 2.73. The fourth-order valence-electron chi connectivity index (χ4n) is 5.58. The Morgan fingerprint density at radius 2 is 1.55 bits per heavy atom. The second-order valence-corrected chi connectivity index (χ2v) is 10.3. The molecule has 2 unspecified atom stereocenters. The first-order valence-corrected chi connectivity index (χ1v) is 12.3. The van der Waals surface area contributed by atoms with E-state index >= 15 is 0 Å². The van der Waals surface area contributed by atoms with E-state index in [9.17, 15) is 5.11 Å². The van der Waals surface area contributed by atoms with Gasteiger partial charge in [-0.3, -0.25) is 0 Å². The summed E-state index contributed by atoms with van der Waals surface area (Å²) in [4.78, 5) is 0. The molecule has 0 spiro atoms. The van der Waals surface area contributed by atoms with Crippen molar-refractivity contribution < 1.29 is 5.11 Å². The second-order valence-electron chi connectivity index (χ2n) is 10.3. The minimum Gasteiger partial charge on any atom is -0.507 e. The Kier molecular flexibility index (Phi) is 7.96. The summed E-state index contributed by atoms with van der Waals surface area (Å²) >= 11 is 0. The van der Waals surface area contributed by atoms with Gasteiger partial charge in [0.15, 0.2) is 0 Å². The molecule has 170 valence electrons. The van der Waals surface area contributed by atoms with Crippen LogP contribution in [-0.4, -0.2) is 15.3 Å². The number of phenols is 1. The summed E-state index contributed by atoms with van der Waals surface area (Å²) < 4.78 is 0. The highest BCUT2D eigenvalue weighted by Gasteiger charge is 2.32. The predicted molar refractivity (Wildman–Crippen MR) is 130 cm³/mol. The molecule has 1 aromatic heterocycles. The van der Waals surface area contributed by atoms with Crippen molar-refractivity contribution in [2.24, 2.45) is 5.41 Å². The first-order chi connectivity index (χ1) is 14.9. The molecule has 1 fully saturated rings. The number of para-hydroxylation sites is 1. The van der Waals surface area contributed by atoms with Crippen LogP contribution in [0.15, 0.2) is 30.3 Å². The number of anilines is 1. The third kappa shape index (κ3) is 5.99. The fourth-order valence-corrected chi connectivity index (χ4v) is 5.58. The van der Waals surface area contributed by atoms with Gasteiger partial charge in [0.05, 0.1) is 5.69 Å². The number of nitrogens with zero attached hydrogens (tertiary/aromatic N) is 2. The molecule has 1 aliphatic rings. The number of hydrogen-bond acceptors (Lipinski definition) is 4. The Balaban J connectivity index is 1.90. The minimum absolute atomic E-state index is 0.0223. The van der Waals surface area contributed by atoms with E-state index in [1.165, 1.54) is 64.2 Å². The molecule has 4 heteroatoms. The van der Waals surface area contributed by atoms with E-state index in [4.69, 9.17) is 5.73 Å². The van der Waals surface area contributed by atoms with Crippen LogP contribution in [0.4, 0.5) is 5.82 Å². The van der Waals surface area contributed by atoms with E-state index < -0.39 is 0 Å². The summed E-state index contributed by atoms with van der Waals surface area (Å²) in [5, 5.41) is 18.9. The molecule has 0 amide bonds. The van der Waals surface area contributed by atoms with E-state index in [1.54, 1.807) is 6.07 Å². The number of benzene rings is 1. The number of aromatic hydroxyl groups is 1. The first kappa shape index (κ1) is 23.6. The van der Waals surface area contributed by atoms with Gasteiger partial charge in [0.1, 0.15) is 11.6 Å². The summed E-state index contributed by atoms with van der Waals surface area (Å²) in [6.07, 6.45) is 15.2. The van der Waals surface area contributed by atoms with Crippen LogP contribution in [0.5, 0.6) is 5.75 Å². The Morgan fingerprint density at radius 1 is 0.903 bits per heavy atom. The van der Waals surface area contributed by atoms with E-state index in [-0.39, 0.29) is 11.2 Å². The molecule has 3 N–H and O–H groups in total. The Hall–Kier alpha value is -2.10. The van der Waals surface area contributed by atoms with Gasteiger partial charge in [0.25, 0.3) is 0 Å². The van der Waals surface area contributed by atoms with E-state index in [0.29, 0.717) is 22.5 Å². The standard InChI is InChI=1S/C27H41N3O/c1-4-15-26(2)16-10-6-5-7-11-18-27(3,19-12-17-26)22-20-23(29-30-25(22)28)21-13-8-9-14-24(21)31/h8-9,13-14,20,31H,4-7,10-12,15-19H2,1-3H3,(H2,28,30). The van der Waals surface area contributed by atoms with Gasteiger partial charge in [-0.2, -0.15) is 0 Å². The number of nitrogen functional groups attached to an aromatic ring is 1. The summed E-state index contributed by atoms with van der Waals surface area (Å²) in [5.41, 5.74) is 9.34. The zero-order valence-electron chi connectivity index (χ0n) is 19.8. The van der Waals surface area contributed by atoms with Gasteiger partial charge in [-0.15, -0.1) is 10.2 Å². The molecule has 0 aliphatic heterocycles. The molecule has 2 aromatic rings. The number of phenolic OH excluding ortho intramolecular Hbond substituents is 1. The van der Waals surface area contributed by atoms with Crippen LogP contribution < -0.4 is 5.73 Å². The molecular weight excluding hydrogens is 382 g/mol. The monoisotopic (exact) mass is 423 g/mol. The lowest BCUT2D eigenvalue weighted by atomic mass is 9.70. The van der Waals surface area contributed by atoms with E-state index in [1.807, 2.05) is 18.2 Å². The normalized spacial score (nSPS) is 26.0. The van der Waals surface area contributed by atoms with Gasteiger partial charge in [-0.1, -0.05) is 77.8 Å². The van der Waals surface area contributed by atoms with Crippen molar-refractivity contribution in [1.29, 1.82) is 0 Å². The molecule has 4 nitrogen and oxygen atoms in total. The number of nitrogens with two attached hydrogens (primary N) is 1. The molecule has 31 heavy (non-hydrogen) atoms. The van der Waals surface area contributed by atoms with Gasteiger partial charge in [0.2, 0.25) is 0 Å². The largest absolute Gasteiger partial charge is 0.507 e. The highest BCUT2D eigenvalue weighted by molar-refractivity contribution is 5.68. The smallest absolute Gasteiger partial charge is 0.149 e. The summed E-state index contributed by atoms with van der Waals surface area (Å²) in [5.74, 6) is 0.761. The third-order valence-electron chi connectivity index (χ3n) is 7.52. The van der Waals surface area contributed by atoms with Crippen molar-refractivity contribution >= 4 is 5.82 Å². The van der Waals surface area contributed by atoms with Crippen molar-refractivity contribution in [1.82, 2.24) is 10.2 Å². The van der Waals surface area contributed by atoms with Gasteiger partial charge >= 0.3 is 0 Å². The SMILES string of the molecule is CCCC1(C)CCCCCCCC(C)(c2cc(-c3ccccc3O)nnc2N)CCC1. The van der Waals surface area contributed by atoms with Crippen molar-refractivity contribution in [3.63, 3.8) is 0 Å². The van der Waals surface area contributed by atoms with Crippen LogP contribution in [0, 0.1) is 5.41 Å². The topological polar surface area (TPSA) is 72.0 Å². The lowest BCUT2D eigenvalue weighted by Crippen LogP contribution is -2.26. The first-order valence-electron chi connectivity index (χ1n) is 12.3. The van der Waals surface area contributed by atoms with Gasteiger partial charge in [-0.05, 0) is 61.1 Å². The zero-order valence-corrected chi connectivity index (χ0v) is 19.8. The Morgan fingerprint density at radius 3 is 2.29 bits per heavy atom. The summed E-state index contributed by atoms with van der Waals surface area (Å²) in [7, 11) is 0. The van der Waals surface area contributed by atoms with Gasteiger partial charge < -0.3 is 10.8 Å². The lowest BCUT2D eigenvalue weighted by molar-refractivity contribution is 0.214. The maximum Gasteiger partial charge on any atom is 0.149 e. The lowest BCUT2D eigenvalue weighted by Gasteiger charge is -2.35. The Bertz CT molecular complexity index is 852. The van der Waals surface area contributed by atoms with Crippen molar-refractivity contribution in [3.8, 4) is 17.0 Å². The van der Waals surface area contributed by atoms with Crippen LogP contribution in [0.3, 0.4) is 0 Å². The molecule has 0 saturated heterocycles. The molecule has 1 aromatic carbocycles. The van der Waals surface area contributed by atoms with Gasteiger partial charge in [-0.25, -0.2) is 0 Å². The minimum atomic E-state index is -0.0223. The molecule has 1 saturated carbocycles. The maximum atomic E-state index is 10.3. The highest BCUT2D eigenvalue weighted by atomic mass is 16.3. The second kappa shape index (κ2) is 10.5. The van der Waals surface area contributed by atoms with Crippen molar-refractivity contribution in [2.45, 2.75) is 103 Å².